The average molecular weight is 476 g/mol. The number of nitrogens with zero attached hydrogens (tertiary/aromatic N) is 2. The van der Waals surface area contributed by atoms with Gasteiger partial charge in [0.2, 0.25) is 5.91 Å². The van der Waals surface area contributed by atoms with E-state index < -0.39 is 5.97 Å². The van der Waals surface area contributed by atoms with Crippen molar-refractivity contribution in [3.8, 4) is 17.2 Å². The second-order valence-corrected chi connectivity index (χ2v) is 8.05. The molecule has 1 amide bonds. The first-order valence-electron chi connectivity index (χ1n) is 10.4. The number of methoxy groups -OCH3 is 1. The summed E-state index contributed by atoms with van der Waals surface area (Å²) in [5, 5.41) is 3.30. The SMILES string of the molecule is COC(=O)CNC(=O)CSc1nc2ccccc2c(=O)n1-c1ccc(Oc2ccccc2)cc1. The number of hydrogen-bond acceptors (Lipinski definition) is 7. The molecule has 8 nitrogen and oxygen atoms in total. The molecule has 0 radical (unpaired) electrons. The maximum atomic E-state index is 13.3. The number of benzene rings is 3. The van der Waals surface area contributed by atoms with Crippen LogP contribution in [0.15, 0.2) is 88.8 Å². The summed E-state index contributed by atoms with van der Waals surface area (Å²) in [6, 6.07) is 23.5. The Kier molecular flexibility index (Phi) is 7.24. The van der Waals surface area contributed by atoms with Crippen LogP contribution >= 0.6 is 11.8 Å². The highest BCUT2D eigenvalue weighted by molar-refractivity contribution is 7.99. The van der Waals surface area contributed by atoms with E-state index in [1.807, 2.05) is 30.3 Å². The Morgan fingerprint density at radius 1 is 0.941 bits per heavy atom. The van der Waals surface area contributed by atoms with Crippen LogP contribution < -0.4 is 15.6 Å². The quantitative estimate of drug-likeness (QED) is 0.236. The monoisotopic (exact) mass is 475 g/mol. The zero-order chi connectivity index (χ0) is 23.9. The molecule has 4 aromatic rings. The minimum atomic E-state index is -0.545. The highest BCUT2D eigenvalue weighted by Crippen LogP contribution is 2.25. The van der Waals surface area contributed by atoms with Crippen molar-refractivity contribution in [2.75, 3.05) is 19.4 Å². The fraction of sp³-hybridized carbons (Fsp3) is 0.120. The van der Waals surface area contributed by atoms with Crippen LogP contribution in [0.3, 0.4) is 0 Å². The molecule has 1 aromatic heterocycles. The summed E-state index contributed by atoms with van der Waals surface area (Å²) < 4.78 is 11.8. The number of fused-ring (bicyclic) bond motifs is 1. The molecule has 3 aromatic carbocycles. The van der Waals surface area contributed by atoms with Gasteiger partial charge in [-0.3, -0.25) is 19.0 Å². The van der Waals surface area contributed by atoms with Gasteiger partial charge in [-0.1, -0.05) is 42.1 Å². The molecule has 0 fully saturated rings. The summed E-state index contributed by atoms with van der Waals surface area (Å²) in [5.41, 5.74) is 0.867. The Labute approximate surface area is 199 Å². The number of para-hydroxylation sites is 2. The first-order chi connectivity index (χ1) is 16.5. The van der Waals surface area contributed by atoms with Gasteiger partial charge in [-0.2, -0.15) is 0 Å². The van der Waals surface area contributed by atoms with Crippen molar-refractivity contribution in [3.05, 3.63) is 89.2 Å². The predicted molar refractivity (Wildman–Crippen MR) is 130 cm³/mol. The third-order valence-corrected chi connectivity index (χ3v) is 5.75. The maximum Gasteiger partial charge on any atom is 0.325 e. The molecule has 4 rings (SSSR count). The van der Waals surface area contributed by atoms with Gasteiger partial charge in [-0.25, -0.2) is 4.98 Å². The lowest BCUT2D eigenvalue weighted by Crippen LogP contribution is -2.31. The fourth-order valence-corrected chi connectivity index (χ4v) is 3.99. The van der Waals surface area contributed by atoms with Crippen molar-refractivity contribution >= 4 is 34.5 Å². The molecule has 1 N–H and O–H groups in total. The van der Waals surface area contributed by atoms with Crippen LogP contribution in [0.1, 0.15) is 0 Å². The highest BCUT2D eigenvalue weighted by Gasteiger charge is 2.15. The summed E-state index contributed by atoms with van der Waals surface area (Å²) >= 11 is 1.10. The maximum absolute atomic E-state index is 13.3. The molecule has 0 aliphatic heterocycles. The lowest BCUT2D eigenvalue weighted by Gasteiger charge is -2.14. The Morgan fingerprint density at radius 3 is 2.35 bits per heavy atom. The molecule has 0 bridgehead atoms. The number of carbonyl (C=O) groups excluding carboxylic acids is 2. The highest BCUT2D eigenvalue weighted by atomic mass is 32.2. The van der Waals surface area contributed by atoms with Gasteiger partial charge >= 0.3 is 5.97 Å². The van der Waals surface area contributed by atoms with Gasteiger partial charge in [0.25, 0.3) is 5.56 Å². The third kappa shape index (κ3) is 5.44. The fourth-order valence-electron chi connectivity index (χ4n) is 3.15. The van der Waals surface area contributed by atoms with E-state index in [2.05, 4.69) is 15.0 Å². The van der Waals surface area contributed by atoms with Crippen LogP contribution in [-0.4, -0.2) is 40.8 Å². The Balaban J connectivity index is 1.62. The van der Waals surface area contributed by atoms with Crippen LogP contribution in [-0.2, 0) is 14.3 Å². The molecule has 1 heterocycles. The molecule has 0 unspecified atom stereocenters. The van der Waals surface area contributed by atoms with E-state index >= 15 is 0 Å². The largest absolute Gasteiger partial charge is 0.468 e. The first kappa shape index (κ1) is 23.1. The summed E-state index contributed by atoms with van der Waals surface area (Å²) in [5.74, 6) is 0.367. The zero-order valence-corrected chi connectivity index (χ0v) is 19.1. The number of hydrogen-bond donors (Lipinski definition) is 1. The minimum absolute atomic E-state index is 0.0308. The van der Waals surface area contributed by atoms with Crippen LogP contribution in [0.2, 0.25) is 0 Å². The minimum Gasteiger partial charge on any atom is -0.468 e. The molecular weight excluding hydrogens is 454 g/mol. The lowest BCUT2D eigenvalue weighted by atomic mass is 10.2. The molecular formula is C25H21N3O5S. The average Bonchev–Trinajstić information content (AvgIpc) is 2.87. The number of carbonyl (C=O) groups is 2. The molecule has 172 valence electrons. The standard InChI is InChI=1S/C25H21N3O5S/c1-32-23(30)15-26-22(29)16-34-25-27-21-10-6-5-9-20(21)24(31)28(25)17-11-13-19(14-12-17)33-18-7-3-2-4-8-18/h2-14H,15-16H2,1H3,(H,26,29). The van der Waals surface area contributed by atoms with Gasteiger partial charge in [0.15, 0.2) is 5.16 Å². The van der Waals surface area contributed by atoms with Crippen molar-refractivity contribution < 1.29 is 19.1 Å². The second kappa shape index (κ2) is 10.7. The summed E-state index contributed by atoms with van der Waals surface area (Å²) in [4.78, 5) is 41.4. The number of rotatable bonds is 8. The van der Waals surface area contributed by atoms with E-state index in [0.29, 0.717) is 33.2 Å². The number of aromatic nitrogens is 2. The molecule has 0 saturated carbocycles. The second-order valence-electron chi connectivity index (χ2n) is 7.10. The van der Waals surface area contributed by atoms with E-state index in [1.165, 1.54) is 11.7 Å². The van der Waals surface area contributed by atoms with E-state index in [9.17, 15) is 14.4 Å². The topological polar surface area (TPSA) is 99.5 Å². The predicted octanol–water partition coefficient (Wildman–Crippen LogP) is 3.56. The zero-order valence-electron chi connectivity index (χ0n) is 18.3. The van der Waals surface area contributed by atoms with Crippen molar-refractivity contribution in [1.82, 2.24) is 14.9 Å². The molecule has 0 atom stereocenters. The van der Waals surface area contributed by atoms with Crippen LogP contribution in [0.5, 0.6) is 11.5 Å². The van der Waals surface area contributed by atoms with Crippen LogP contribution in [0.4, 0.5) is 0 Å². The molecule has 34 heavy (non-hydrogen) atoms. The van der Waals surface area contributed by atoms with Crippen molar-refractivity contribution in [2.45, 2.75) is 5.16 Å². The molecule has 0 aliphatic rings. The smallest absolute Gasteiger partial charge is 0.325 e. The number of nitrogens with one attached hydrogen (secondary N) is 1. The third-order valence-electron chi connectivity index (χ3n) is 4.81. The summed E-state index contributed by atoms with van der Waals surface area (Å²) in [6.45, 7) is -0.225. The van der Waals surface area contributed by atoms with Crippen LogP contribution in [0, 0.1) is 0 Å². The number of thioether (sulfide) groups is 1. The summed E-state index contributed by atoms with van der Waals surface area (Å²) in [7, 11) is 1.25. The molecule has 0 aliphatic carbocycles. The van der Waals surface area contributed by atoms with Crippen molar-refractivity contribution in [1.29, 1.82) is 0 Å². The van der Waals surface area contributed by atoms with E-state index in [1.54, 1.807) is 48.5 Å². The van der Waals surface area contributed by atoms with E-state index in [4.69, 9.17) is 4.74 Å². The Bertz CT molecular complexity index is 1370. The number of esters is 1. The number of amides is 1. The van der Waals surface area contributed by atoms with Gasteiger partial charge in [0, 0.05) is 0 Å². The summed E-state index contributed by atoms with van der Waals surface area (Å²) in [6.07, 6.45) is 0. The first-order valence-corrected chi connectivity index (χ1v) is 11.3. The van der Waals surface area contributed by atoms with Gasteiger partial charge in [0.1, 0.15) is 18.0 Å². The normalized spacial score (nSPS) is 10.6. The Hall–Kier alpha value is -4.11. The van der Waals surface area contributed by atoms with Gasteiger partial charge in [-0.05, 0) is 48.5 Å². The van der Waals surface area contributed by atoms with E-state index in [0.717, 1.165) is 11.8 Å². The van der Waals surface area contributed by atoms with Crippen molar-refractivity contribution in [2.24, 2.45) is 0 Å². The van der Waals surface area contributed by atoms with Crippen molar-refractivity contribution in [3.63, 3.8) is 0 Å². The van der Waals surface area contributed by atoms with E-state index in [-0.39, 0.29) is 23.8 Å². The van der Waals surface area contributed by atoms with Gasteiger partial charge in [-0.15, -0.1) is 0 Å². The molecule has 0 saturated heterocycles. The molecule has 9 heteroatoms. The molecule has 0 spiro atoms. The lowest BCUT2D eigenvalue weighted by molar-refractivity contribution is -0.140. The van der Waals surface area contributed by atoms with Crippen LogP contribution in [0.25, 0.3) is 16.6 Å². The Morgan fingerprint density at radius 2 is 1.62 bits per heavy atom. The van der Waals surface area contributed by atoms with Gasteiger partial charge in [0.05, 0.1) is 29.5 Å². The number of ether oxygens (including phenoxy) is 2. The van der Waals surface area contributed by atoms with Gasteiger partial charge < -0.3 is 14.8 Å².